The molecule has 1 saturated heterocycles. The first-order chi connectivity index (χ1) is 10.4. The molecule has 132 valence electrons. The molecule has 0 aromatic rings. The van der Waals surface area contributed by atoms with Crippen molar-refractivity contribution in [2.24, 2.45) is 0 Å². The van der Waals surface area contributed by atoms with Crippen LogP contribution in [-0.4, -0.2) is 26.5 Å². The van der Waals surface area contributed by atoms with Crippen molar-refractivity contribution >= 4 is 26.5 Å². The average molecular weight is 430 g/mol. The van der Waals surface area contributed by atoms with Crippen LogP contribution in [0, 0.1) is 0 Å². The molecule has 1 fully saturated rings. The van der Waals surface area contributed by atoms with E-state index in [0.717, 1.165) is 0 Å². The standard InChI is InChI=1S/C20H44Ge2/c1-21(2)17-13-9-5-7-11-15-19-22(3,4)20-16-12-8-6-10-14-18-21/h5-20H2,1-4H3. The molecule has 0 aromatic heterocycles. The molecule has 1 rings (SSSR count). The summed E-state index contributed by atoms with van der Waals surface area (Å²) in [5, 5.41) is 6.56. The normalized spacial score (nSPS) is 26.7. The van der Waals surface area contributed by atoms with Crippen LogP contribution in [0.3, 0.4) is 0 Å². The summed E-state index contributed by atoms with van der Waals surface area (Å²) in [5.41, 5.74) is 0. The zero-order valence-corrected chi connectivity index (χ0v) is 20.5. The fraction of sp³-hybridized carbons (Fsp3) is 1.00. The Morgan fingerprint density at radius 3 is 0.727 bits per heavy atom. The summed E-state index contributed by atoms with van der Waals surface area (Å²) in [6.45, 7) is 0. The summed E-state index contributed by atoms with van der Waals surface area (Å²) in [4.78, 5) is 0. The van der Waals surface area contributed by atoms with Crippen LogP contribution in [0.25, 0.3) is 0 Å². The van der Waals surface area contributed by atoms with E-state index in [1.165, 1.54) is 51.4 Å². The van der Waals surface area contributed by atoms with Crippen molar-refractivity contribution in [1.29, 1.82) is 0 Å². The van der Waals surface area contributed by atoms with Crippen LogP contribution in [0.5, 0.6) is 0 Å². The summed E-state index contributed by atoms with van der Waals surface area (Å²) in [5.74, 6) is 10.7. The molecule has 0 saturated carbocycles. The second-order valence-electron chi connectivity index (χ2n) is 9.57. The van der Waals surface area contributed by atoms with Crippen molar-refractivity contribution in [3.05, 3.63) is 0 Å². The Morgan fingerprint density at radius 1 is 0.318 bits per heavy atom. The zero-order chi connectivity index (χ0) is 16.3. The van der Waals surface area contributed by atoms with Gasteiger partial charge in [-0.25, -0.2) is 0 Å². The molecular weight excluding hydrogens is 385 g/mol. The SMILES string of the molecule is [CH3][Ge]1([CH3])[CH2]CCCCCC[CH2][Ge]([CH3])([CH3])[CH2]CCCCCC[CH2]1. The van der Waals surface area contributed by atoms with Crippen molar-refractivity contribution in [3.63, 3.8) is 0 Å². The topological polar surface area (TPSA) is 0 Å². The van der Waals surface area contributed by atoms with Gasteiger partial charge in [-0.3, -0.25) is 0 Å². The fourth-order valence-electron chi connectivity index (χ4n) is 4.08. The Kier molecular flexibility index (Phi) is 11.1. The number of hydrogen-bond donors (Lipinski definition) is 0. The molecule has 22 heavy (non-hydrogen) atoms. The molecule has 1 aliphatic rings. The van der Waals surface area contributed by atoms with Crippen LogP contribution in [0.4, 0.5) is 0 Å². The van der Waals surface area contributed by atoms with Gasteiger partial charge in [-0.15, -0.1) is 0 Å². The maximum absolute atomic E-state index is 2.69. The molecule has 0 radical (unpaired) electrons. The first-order valence-electron chi connectivity index (χ1n) is 10.4. The van der Waals surface area contributed by atoms with Gasteiger partial charge in [0.25, 0.3) is 0 Å². The average Bonchev–Trinajstić information content (AvgIpc) is 2.43. The van der Waals surface area contributed by atoms with Gasteiger partial charge in [0.2, 0.25) is 0 Å². The molecule has 0 amide bonds. The van der Waals surface area contributed by atoms with Crippen LogP contribution in [0.2, 0.25) is 44.0 Å². The predicted molar refractivity (Wildman–Crippen MR) is 110 cm³/mol. The van der Waals surface area contributed by atoms with Gasteiger partial charge >= 0.3 is 148 Å². The first kappa shape index (κ1) is 21.1. The molecule has 2 heteroatoms. The Labute approximate surface area is 147 Å². The fourth-order valence-corrected chi connectivity index (χ4v) is 15.3. The van der Waals surface area contributed by atoms with Crippen molar-refractivity contribution < 1.29 is 0 Å². The van der Waals surface area contributed by atoms with Crippen molar-refractivity contribution in [2.75, 3.05) is 0 Å². The zero-order valence-electron chi connectivity index (χ0n) is 16.3. The monoisotopic (exact) mass is 432 g/mol. The minimum atomic E-state index is -1.35. The van der Waals surface area contributed by atoms with Gasteiger partial charge in [0, 0.05) is 0 Å². The van der Waals surface area contributed by atoms with Crippen LogP contribution in [0.1, 0.15) is 77.0 Å². The number of hydrogen-bond acceptors (Lipinski definition) is 0. The summed E-state index contributed by atoms with van der Waals surface area (Å²) >= 11 is -2.71. The molecule has 0 aromatic carbocycles. The van der Waals surface area contributed by atoms with E-state index in [2.05, 4.69) is 23.0 Å². The third kappa shape index (κ3) is 11.6. The van der Waals surface area contributed by atoms with E-state index < -0.39 is 26.5 Å². The Balaban J connectivity index is 2.31. The van der Waals surface area contributed by atoms with Gasteiger partial charge in [0.1, 0.15) is 0 Å². The van der Waals surface area contributed by atoms with Crippen LogP contribution < -0.4 is 0 Å². The Bertz CT molecular complexity index is 219. The second kappa shape index (κ2) is 11.6. The third-order valence-corrected chi connectivity index (χ3v) is 20.2. The molecule has 1 heterocycles. The van der Waals surface area contributed by atoms with Gasteiger partial charge in [-0.2, -0.15) is 0 Å². The second-order valence-corrected chi connectivity index (χ2v) is 31.9. The van der Waals surface area contributed by atoms with Crippen LogP contribution >= 0.6 is 0 Å². The van der Waals surface area contributed by atoms with Crippen LogP contribution in [-0.2, 0) is 0 Å². The molecule has 0 nitrogen and oxygen atoms in total. The van der Waals surface area contributed by atoms with Gasteiger partial charge in [-0.05, 0) is 0 Å². The Hall–Kier alpha value is 1.09. The van der Waals surface area contributed by atoms with Crippen molar-refractivity contribution in [1.82, 2.24) is 0 Å². The molecule has 0 bridgehead atoms. The number of rotatable bonds is 0. The van der Waals surface area contributed by atoms with Crippen LogP contribution in [0.15, 0.2) is 0 Å². The minimum absolute atomic E-state index is 1.35. The van der Waals surface area contributed by atoms with E-state index in [1.807, 2.05) is 0 Å². The van der Waals surface area contributed by atoms with Crippen molar-refractivity contribution in [3.8, 4) is 0 Å². The van der Waals surface area contributed by atoms with E-state index in [1.54, 1.807) is 46.7 Å². The van der Waals surface area contributed by atoms with E-state index in [9.17, 15) is 0 Å². The molecule has 0 spiro atoms. The quantitative estimate of drug-likeness (QED) is 0.341. The molecule has 1 aliphatic heterocycles. The summed E-state index contributed by atoms with van der Waals surface area (Å²) < 4.78 is 0. The summed E-state index contributed by atoms with van der Waals surface area (Å²) in [6, 6.07) is 0. The van der Waals surface area contributed by atoms with E-state index in [4.69, 9.17) is 0 Å². The molecule has 0 unspecified atom stereocenters. The maximum atomic E-state index is 2.69. The molecular formula is C20H44Ge2. The molecule has 0 N–H and O–H groups in total. The van der Waals surface area contributed by atoms with Gasteiger partial charge in [-0.1, -0.05) is 0 Å². The van der Waals surface area contributed by atoms with E-state index in [0.29, 0.717) is 0 Å². The van der Waals surface area contributed by atoms with Gasteiger partial charge < -0.3 is 0 Å². The third-order valence-electron chi connectivity index (χ3n) is 5.91. The van der Waals surface area contributed by atoms with Gasteiger partial charge in [0.05, 0.1) is 0 Å². The summed E-state index contributed by atoms with van der Waals surface area (Å²) in [6.07, 6.45) is 18.4. The van der Waals surface area contributed by atoms with E-state index in [-0.39, 0.29) is 0 Å². The Morgan fingerprint density at radius 2 is 0.500 bits per heavy atom. The van der Waals surface area contributed by atoms with Gasteiger partial charge in [0.15, 0.2) is 0 Å². The molecule has 0 atom stereocenters. The first-order valence-corrected chi connectivity index (χ1v) is 24.7. The molecule has 0 aliphatic carbocycles. The van der Waals surface area contributed by atoms with E-state index >= 15 is 0 Å². The van der Waals surface area contributed by atoms with Crippen molar-refractivity contribution in [2.45, 2.75) is 121 Å². The summed E-state index contributed by atoms with van der Waals surface area (Å²) in [7, 11) is 0. The predicted octanol–water partition coefficient (Wildman–Crippen LogP) is 8.10.